The number of rotatable bonds is 5. The Morgan fingerprint density at radius 2 is 1.83 bits per heavy atom. The van der Waals surface area contributed by atoms with Gasteiger partial charge in [-0.05, 0) is 58.5 Å². The number of methoxy groups -OCH3 is 1. The lowest BCUT2D eigenvalue weighted by molar-refractivity contribution is -0.142. The summed E-state index contributed by atoms with van der Waals surface area (Å²) in [5.74, 6) is -1.41. The monoisotopic (exact) mass is 427 g/mol. The molecule has 0 aliphatic carbocycles. The van der Waals surface area contributed by atoms with Gasteiger partial charge in [0.1, 0.15) is 11.9 Å². The normalized spacial score (nSPS) is 11.6. The minimum absolute atomic E-state index is 0.281. The molecular formula is C17H15FINO3. The second-order valence-corrected chi connectivity index (χ2v) is 6.01. The average molecular weight is 427 g/mol. The molecule has 0 bridgehead atoms. The highest BCUT2D eigenvalue weighted by atomic mass is 127. The fourth-order valence-electron chi connectivity index (χ4n) is 2.06. The molecule has 0 aromatic heterocycles. The number of ether oxygens (including phenoxy) is 1. The average Bonchev–Trinajstić information content (AvgIpc) is 2.56. The Bertz CT molecular complexity index is 703. The molecule has 2 aromatic carbocycles. The summed E-state index contributed by atoms with van der Waals surface area (Å²) in [6.45, 7) is 0. The van der Waals surface area contributed by atoms with E-state index in [4.69, 9.17) is 4.74 Å². The zero-order valence-electron chi connectivity index (χ0n) is 12.4. The lowest BCUT2D eigenvalue weighted by Crippen LogP contribution is -2.43. The molecule has 120 valence electrons. The van der Waals surface area contributed by atoms with E-state index in [1.807, 2.05) is 24.3 Å². The molecule has 2 rings (SSSR count). The molecule has 1 atom stereocenters. The standard InChI is InChI=1S/C17H15FINO3/c1-23-17(22)15(10-12-4-2-3-5-14(12)19)20-16(21)11-6-8-13(18)9-7-11/h2-9,15H,10H2,1H3,(H,20,21)/t15-/m0/s1. The van der Waals surface area contributed by atoms with Crippen molar-refractivity contribution in [3.05, 3.63) is 69.0 Å². The van der Waals surface area contributed by atoms with Crippen LogP contribution < -0.4 is 5.32 Å². The minimum atomic E-state index is -0.812. The van der Waals surface area contributed by atoms with Crippen molar-refractivity contribution in [3.8, 4) is 0 Å². The molecule has 23 heavy (non-hydrogen) atoms. The van der Waals surface area contributed by atoms with Crippen molar-refractivity contribution in [2.24, 2.45) is 0 Å². The van der Waals surface area contributed by atoms with E-state index >= 15 is 0 Å². The number of hydrogen-bond acceptors (Lipinski definition) is 3. The van der Waals surface area contributed by atoms with Gasteiger partial charge in [0.15, 0.2) is 0 Å². The quantitative estimate of drug-likeness (QED) is 0.590. The molecule has 0 saturated carbocycles. The van der Waals surface area contributed by atoms with Crippen molar-refractivity contribution in [2.45, 2.75) is 12.5 Å². The van der Waals surface area contributed by atoms with Crippen molar-refractivity contribution >= 4 is 34.5 Å². The molecule has 6 heteroatoms. The van der Waals surface area contributed by atoms with Crippen LogP contribution in [0.1, 0.15) is 15.9 Å². The van der Waals surface area contributed by atoms with Crippen LogP contribution in [-0.4, -0.2) is 25.0 Å². The van der Waals surface area contributed by atoms with Crippen LogP contribution >= 0.6 is 22.6 Å². The third-order valence-corrected chi connectivity index (χ3v) is 4.33. The van der Waals surface area contributed by atoms with Gasteiger partial charge < -0.3 is 10.1 Å². The number of halogens is 2. The van der Waals surface area contributed by atoms with Crippen LogP contribution in [0.2, 0.25) is 0 Å². The largest absolute Gasteiger partial charge is 0.467 e. The summed E-state index contributed by atoms with van der Waals surface area (Å²) in [5, 5.41) is 2.64. The third-order valence-electron chi connectivity index (χ3n) is 3.28. The zero-order valence-corrected chi connectivity index (χ0v) is 14.5. The van der Waals surface area contributed by atoms with E-state index in [1.165, 1.54) is 31.4 Å². The number of carbonyl (C=O) groups is 2. The van der Waals surface area contributed by atoms with Crippen molar-refractivity contribution < 1.29 is 18.7 Å². The van der Waals surface area contributed by atoms with Gasteiger partial charge in [-0.15, -0.1) is 0 Å². The molecule has 0 saturated heterocycles. The molecule has 1 N–H and O–H groups in total. The second-order valence-electron chi connectivity index (χ2n) is 4.85. The van der Waals surface area contributed by atoms with E-state index in [-0.39, 0.29) is 5.56 Å². The Hall–Kier alpha value is -1.96. The maximum atomic E-state index is 12.9. The van der Waals surface area contributed by atoms with Gasteiger partial charge >= 0.3 is 5.97 Å². The molecule has 0 aliphatic heterocycles. The summed E-state index contributed by atoms with van der Waals surface area (Å²) < 4.78 is 18.7. The maximum absolute atomic E-state index is 12.9. The molecule has 2 aromatic rings. The van der Waals surface area contributed by atoms with Crippen LogP contribution in [0.4, 0.5) is 4.39 Å². The Morgan fingerprint density at radius 1 is 1.17 bits per heavy atom. The lowest BCUT2D eigenvalue weighted by Gasteiger charge is -2.17. The number of esters is 1. The van der Waals surface area contributed by atoms with Gasteiger partial charge in [0.25, 0.3) is 5.91 Å². The lowest BCUT2D eigenvalue weighted by atomic mass is 10.1. The number of benzene rings is 2. The Morgan fingerprint density at radius 3 is 2.43 bits per heavy atom. The van der Waals surface area contributed by atoms with Crippen LogP contribution in [0.3, 0.4) is 0 Å². The number of hydrogen-bond donors (Lipinski definition) is 1. The summed E-state index contributed by atoms with van der Waals surface area (Å²) in [4.78, 5) is 24.2. The van der Waals surface area contributed by atoms with Crippen LogP contribution in [0, 0.1) is 9.39 Å². The Labute approximate surface area is 147 Å². The van der Waals surface area contributed by atoms with Gasteiger partial charge in [0, 0.05) is 15.6 Å². The van der Waals surface area contributed by atoms with Gasteiger partial charge in [-0.1, -0.05) is 18.2 Å². The third kappa shape index (κ3) is 4.75. The topological polar surface area (TPSA) is 55.4 Å². The summed E-state index contributed by atoms with van der Waals surface area (Å²) in [5.41, 5.74) is 1.21. The van der Waals surface area contributed by atoms with Gasteiger partial charge in [0.05, 0.1) is 7.11 Å². The molecular weight excluding hydrogens is 412 g/mol. The Kier molecular flexibility index (Phi) is 6.09. The summed E-state index contributed by atoms with van der Waals surface area (Å²) in [7, 11) is 1.27. The number of amides is 1. The van der Waals surface area contributed by atoms with Crippen LogP contribution in [0.25, 0.3) is 0 Å². The minimum Gasteiger partial charge on any atom is -0.467 e. The first-order valence-electron chi connectivity index (χ1n) is 6.89. The van der Waals surface area contributed by atoms with E-state index < -0.39 is 23.7 Å². The predicted octanol–water partition coefficient (Wildman–Crippen LogP) is 2.94. The van der Waals surface area contributed by atoms with E-state index in [0.29, 0.717) is 6.42 Å². The van der Waals surface area contributed by atoms with Gasteiger partial charge in [-0.25, -0.2) is 9.18 Å². The highest BCUT2D eigenvalue weighted by molar-refractivity contribution is 14.1. The van der Waals surface area contributed by atoms with Crippen LogP contribution in [0.5, 0.6) is 0 Å². The fraction of sp³-hybridized carbons (Fsp3) is 0.176. The number of nitrogens with one attached hydrogen (secondary N) is 1. The molecule has 0 unspecified atom stereocenters. The first-order valence-corrected chi connectivity index (χ1v) is 7.97. The van der Waals surface area contributed by atoms with Crippen molar-refractivity contribution in [1.82, 2.24) is 5.32 Å². The van der Waals surface area contributed by atoms with Crippen molar-refractivity contribution in [3.63, 3.8) is 0 Å². The summed E-state index contributed by atoms with van der Waals surface area (Å²) in [6, 6.07) is 11.9. The van der Waals surface area contributed by atoms with Gasteiger partial charge in [0.2, 0.25) is 0 Å². The van der Waals surface area contributed by atoms with Crippen LogP contribution in [-0.2, 0) is 16.0 Å². The molecule has 0 spiro atoms. The SMILES string of the molecule is COC(=O)[C@H](Cc1ccccc1I)NC(=O)c1ccc(F)cc1. The van der Waals surface area contributed by atoms with E-state index in [2.05, 4.69) is 27.9 Å². The second kappa shape index (κ2) is 8.05. The zero-order chi connectivity index (χ0) is 16.8. The van der Waals surface area contributed by atoms with E-state index in [0.717, 1.165) is 9.13 Å². The highest BCUT2D eigenvalue weighted by Gasteiger charge is 2.23. The number of carbonyl (C=O) groups excluding carboxylic acids is 2. The van der Waals surface area contributed by atoms with Crippen molar-refractivity contribution in [1.29, 1.82) is 0 Å². The smallest absolute Gasteiger partial charge is 0.328 e. The van der Waals surface area contributed by atoms with Crippen LogP contribution in [0.15, 0.2) is 48.5 Å². The van der Waals surface area contributed by atoms with Crippen molar-refractivity contribution in [2.75, 3.05) is 7.11 Å². The van der Waals surface area contributed by atoms with Gasteiger partial charge in [-0.2, -0.15) is 0 Å². The molecule has 0 aliphatic rings. The summed E-state index contributed by atoms with van der Waals surface area (Å²) >= 11 is 2.17. The van der Waals surface area contributed by atoms with Gasteiger partial charge in [-0.3, -0.25) is 4.79 Å². The predicted molar refractivity (Wildman–Crippen MR) is 92.5 cm³/mol. The maximum Gasteiger partial charge on any atom is 0.328 e. The molecule has 0 fully saturated rings. The molecule has 4 nitrogen and oxygen atoms in total. The van der Waals surface area contributed by atoms with E-state index in [1.54, 1.807) is 0 Å². The first-order chi connectivity index (χ1) is 11.0. The highest BCUT2D eigenvalue weighted by Crippen LogP contribution is 2.14. The molecule has 0 heterocycles. The first kappa shape index (κ1) is 17.4. The molecule has 0 radical (unpaired) electrons. The fourth-order valence-corrected chi connectivity index (χ4v) is 2.67. The van der Waals surface area contributed by atoms with E-state index in [9.17, 15) is 14.0 Å². The summed E-state index contributed by atoms with van der Waals surface area (Å²) in [6.07, 6.45) is 0.318. The Balaban J connectivity index is 2.16. The molecule has 1 amide bonds.